The largest absolute Gasteiger partial charge is 0.507 e. The van der Waals surface area contributed by atoms with Crippen LogP contribution in [0.2, 0.25) is 0 Å². The molecule has 1 aliphatic heterocycles. The highest BCUT2D eigenvalue weighted by Crippen LogP contribution is 2.48. The molecule has 1 saturated heterocycles. The fourth-order valence-corrected chi connectivity index (χ4v) is 4.21. The molecule has 26 heavy (non-hydrogen) atoms. The summed E-state index contributed by atoms with van der Waals surface area (Å²) in [6, 6.07) is 3.98. The van der Waals surface area contributed by atoms with Crippen LogP contribution in [0.15, 0.2) is 23.7 Å². The Morgan fingerprint density at radius 1 is 1.15 bits per heavy atom. The second-order valence-electron chi connectivity index (χ2n) is 8.98. The Hall–Kier alpha value is -1.46. The van der Waals surface area contributed by atoms with Gasteiger partial charge in [-0.15, -0.1) is 0 Å². The van der Waals surface area contributed by atoms with Crippen molar-refractivity contribution < 1.29 is 9.90 Å². The third-order valence-corrected chi connectivity index (χ3v) is 5.93. The Bertz CT molecular complexity index is 694. The second-order valence-corrected chi connectivity index (χ2v) is 10.2. The molecule has 1 heterocycles. The lowest BCUT2D eigenvalue weighted by Gasteiger charge is -2.29. The first-order chi connectivity index (χ1) is 11.8. The van der Waals surface area contributed by atoms with Crippen molar-refractivity contribution in [2.24, 2.45) is 0 Å². The molecule has 0 aliphatic carbocycles. The van der Waals surface area contributed by atoms with Crippen molar-refractivity contribution in [1.82, 2.24) is 10.0 Å². The second kappa shape index (κ2) is 6.93. The van der Waals surface area contributed by atoms with Crippen LogP contribution in [0, 0.1) is 0 Å². The quantitative estimate of drug-likeness (QED) is 0.811. The first-order valence-electron chi connectivity index (χ1n) is 9.07. The van der Waals surface area contributed by atoms with Gasteiger partial charge in [-0.25, -0.2) is 10.0 Å². The van der Waals surface area contributed by atoms with Crippen LogP contribution < -0.4 is 0 Å². The monoisotopic (exact) mass is 376 g/mol. The van der Waals surface area contributed by atoms with Crippen molar-refractivity contribution in [3.05, 3.63) is 40.4 Å². The smallest absolute Gasteiger partial charge is 0.260 e. The van der Waals surface area contributed by atoms with Crippen LogP contribution in [-0.2, 0) is 15.6 Å². The van der Waals surface area contributed by atoms with E-state index in [1.54, 1.807) is 5.01 Å². The number of hydrogen-bond donors (Lipinski definition) is 1. The number of phenols is 1. The van der Waals surface area contributed by atoms with Gasteiger partial charge in [-0.1, -0.05) is 66.8 Å². The fraction of sp³-hybridized carbons (Fsp3) is 0.571. The molecular formula is C21H32N2O2S. The Labute approximate surface area is 162 Å². The predicted molar refractivity (Wildman–Crippen MR) is 110 cm³/mol. The molecule has 5 heteroatoms. The van der Waals surface area contributed by atoms with Crippen molar-refractivity contribution in [2.45, 2.75) is 64.5 Å². The van der Waals surface area contributed by atoms with E-state index < -0.39 is 0 Å². The van der Waals surface area contributed by atoms with Crippen LogP contribution in [0.3, 0.4) is 0 Å². The van der Waals surface area contributed by atoms with Crippen molar-refractivity contribution >= 4 is 17.7 Å². The third kappa shape index (κ3) is 3.79. The van der Waals surface area contributed by atoms with Gasteiger partial charge in [0, 0.05) is 13.6 Å². The van der Waals surface area contributed by atoms with Gasteiger partial charge in [0.1, 0.15) is 11.0 Å². The van der Waals surface area contributed by atoms with Gasteiger partial charge in [0.2, 0.25) is 0 Å². The lowest BCUT2D eigenvalue weighted by atomic mass is 9.78. The Morgan fingerprint density at radius 2 is 1.62 bits per heavy atom. The molecule has 1 unspecified atom stereocenters. The molecule has 4 nitrogen and oxygen atoms in total. The van der Waals surface area contributed by atoms with E-state index in [0.717, 1.165) is 28.3 Å². The summed E-state index contributed by atoms with van der Waals surface area (Å²) in [5.74, 6) is 0.361. The standard InChI is InChI=1S/C21H32N2O2S/c1-10-22(9)23-13(2)26-18(19(23)25)14-11-15(20(3,4)5)17(24)16(12-14)21(6,7)8/h11-12,18,24H,2,10H2,1,3-9H3. The van der Waals surface area contributed by atoms with Gasteiger partial charge >= 0.3 is 0 Å². The summed E-state index contributed by atoms with van der Waals surface area (Å²) >= 11 is 1.48. The van der Waals surface area contributed by atoms with Crippen LogP contribution in [0.1, 0.15) is 70.4 Å². The number of hydrazine groups is 1. The van der Waals surface area contributed by atoms with Crippen LogP contribution in [0.4, 0.5) is 0 Å². The minimum atomic E-state index is -0.334. The van der Waals surface area contributed by atoms with E-state index in [-0.39, 0.29) is 22.0 Å². The molecule has 1 amide bonds. The van der Waals surface area contributed by atoms with E-state index in [9.17, 15) is 9.90 Å². The minimum Gasteiger partial charge on any atom is -0.507 e. The van der Waals surface area contributed by atoms with E-state index in [2.05, 4.69) is 48.1 Å². The summed E-state index contributed by atoms with van der Waals surface area (Å²) in [6.07, 6.45) is 0. The first-order valence-corrected chi connectivity index (χ1v) is 9.95. The maximum atomic E-state index is 13.1. The molecule has 1 N–H and O–H groups in total. The number of thioether (sulfide) groups is 1. The topological polar surface area (TPSA) is 43.8 Å². The van der Waals surface area contributed by atoms with Crippen LogP contribution in [0.25, 0.3) is 0 Å². The van der Waals surface area contributed by atoms with Crippen molar-refractivity contribution in [2.75, 3.05) is 13.6 Å². The summed E-state index contributed by atoms with van der Waals surface area (Å²) < 4.78 is 0. The number of carbonyl (C=O) groups excluding carboxylic acids is 1. The summed E-state index contributed by atoms with van der Waals surface area (Å²) in [5.41, 5.74) is 2.25. The molecule has 2 rings (SSSR count). The minimum absolute atomic E-state index is 0.0229. The fourth-order valence-electron chi connectivity index (χ4n) is 3.13. The van der Waals surface area contributed by atoms with Gasteiger partial charge in [0.05, 0.1) is 5.03 Å². The van der Waals surface area contributed by atoms with Gasteiger partial charge < -0.3 is 5.11 Å². The highest BCUT2D eigenvalue weighted by Gasteiger charge is 2.40. The molecule has 0 saturated carbocycles. The number of amides is 1. The molecule has 1 aliphatic rings. The van der Waals surface area contributed by atoms with Crippen LogP contribution in [0.5, 0.6) is 5.75 Å². The van der Waals surface area contributed by atoms with Gasteiger partial charge in [0.25, 0.3) is 5.91 Å². The first kappa shape index (κ1) is 20.8. The highest BCUT2D eigenvalue weighted by atomic mass is 32.2. The van der Waals surface area contributed by atoms with Crippen molar-refractivity contribution in [1.29, 1.82) is 0 Å². The van der Waals surface area contributed by atoms with E-state index in [1.165, 1.54) is 11.8 Å². The van der Waals surface area contributed by atoms with Gasteiger partial charge in [-0.3, -0.25) is 4.79 Å². The Morgan fingerprint density at radius 3 is 2.00 bits per heavy atom. The average molecular weight is 377 g/mol. The number of nitrogens with zero attached hydrogens (tertiary/aromatic N) is 2. The van der Waals surface area contributed by atoms with Crippen LogP contribution >= 0.6 is 11.8 Å². The van der Waals surface area contributed by atoms with Crippen molar-refractivity contribution in [3.8, 4) is 5.75 Å². The summed E-state index contributed by atoms with van der Waals surface area (Å²) in [4.78, 5) is 13.1. The molecule has 0 spiro atoms. The summed E-state index contributed by atoms with van der Waals surface area (Å²) in [5, 5.41) is 14.8. The highest BCUT2D eigenvalue weighted by molar-refractivity contribution is 8.04. The van der Waals surface area contributed by atoms with Gasteiger partial charge in [-0.05, 0) is 39.7 Å². The molecule has 1 fully saturated rings. The SMILES string of the molecule is C=C1SC(c2cc(C(C)(C)C)c(O)c(C(C)(C)C)c2)C(=O)N1N(C)CC. The molecular weight excluding hydrogens is 344 g/mol. The lowest BCUT2D eigenvalue weighted by Crippen LogP contribution is -2.40. The molecule has 0 bridgehead atoms. The number of phenolic OH excluding ortho intramolecular Hbond substituents is 1. The normalized spacial score (nSPS) is 19.0. The van der Waals surface area contributed by atoms with E-state index in [0.29, 0.717) is 5.75 Å². The predicted octanol–water partition coefficient (Wildman–Crippen LogP) is 4.94. The molecule has 1 atom stereocenters. The Balaban J connectivity index is 2.60. The maximum absolute atomic E-state index is 13.1. The van der Waals surface area contributed by atoms with E-state index in [4.69, 9.17) is 0 Å². The zero-order valence-corrected chi connectivity index (χ0v) is 18.1. The zero-order chi connectivity index (χ0) is 20.0. The van der Waals surface area contributed by atoms with Crippen LogP contribution in [-0.4, -0.2) is 34.6 Å². The number of hydrogen-bond acceptors (Lipinski definition) is 4. The number of benzene rings is 1. The molecule has 1 aromatic rings. The molecule has 1 aromatic carbocycles. The lowest BCUT2D eigenvalue weighted by molar-refractivity contribution is -0.139. The summed E-state index contributed by atoms with van der Waals surface area (Å²) in [6.45, 7) is 19.3. The number of aromatic hydroxyl groups is 1. The van der Waals surface area contributed by atoms with Gasteiger partial charge in [-0.2, -0.15) is 0 Å². The molecule has 0 radical (unpaired) electrons. The average Bonchev–Trinajstić information content (AvgIpc) is 2.79. The van der Waals surface area contributed by atoms with Gasteiger partial charge in [0.15, 0.2) is 0 Å². The van der Waals surface area contributed by atoms with Crippen molar-refractivity contribution in [3.63, 3.8) is 0 Å². The molecule has 0 aromatic heterocycles. The Kier molecular flexibility index (Phi) is 5.56. The number of carbonyl (C=O) groups is 1. The third-order valence-electron chi connectivity index (χ3n) is 4.77. The molecule has 144 valence electrons. The summed E-state index contributed by atoms with van der Waals surface area (Å²) in [7, 11) is 1.89. The van der Waals surface area contributed by atoms with E-state index in [1.807, 2.05) is 31.1 Å². The zero-order valence-electron chi connectivity index (χ0n) is 17.3. The van der Waals surface area contributed by atoms with E-state index >= 15 is 0 Å². The maximum Gasteiger partial charge on any atom is 0.260 e. The number of rotatable bonds is 3.